The summed E-state index contributed by atoms with van der Waals surface area (Å²) in [7, 11) is 0. The normalized spacial score (nSPS) is 14.7. The predicted molar refractivity (Wildman–Crippen MR) is 63.0 cm³/mol. The maximum atomic E-state index is 11.6. The summed E-state index contributed by atoms with van der Waals surface area (Å²) in [5, 5.41) is 0. The van der Waals surface area contributed by atoms with Crippen LogP contribution in [0.5, 0.6) is 0 Å². The van der Waals surface area contributed by atoms with E-state index in [2.05, 4.69) is 4.99 Å². The zero-order valence-electron chi connectivity index (χ0n) is 10.4. The standard InChI is InChI=1S/C12H15NO5/c1-3-17-11(15)7-9-8(12(16)18-4-2)5-6-10(14)13-9/h5H,3-4,6-7H2,1-2H3. The molecule has 6 nitrogen and oxygen atoms in total. The van der Waals surface area contributed by atoms with Gasteiger partial charge in [-0.25, -0.2) is 9.79 Å². The first-order chi connectivity index (χ1) is 8.58. The van der Waals surface area contributed by atoms with Crippen LogP contribution in [0.4, 0.5) is 0 Å². The fourth-order valence-electron chi connectivity index (χ4n) is 1.46. The fraction of sp³-hybridized carbons (Fsp3) is 0.500. The van der Waals surface area contributed by atoms with E-state index in [1.807, 2.05) is 0 Å². The number of dihydropyridines is 1. The van der Waals surface area contributed by atoms with E-state index in [0.29, 0.717) is 0 Å². The van der Waals surface area contributed by atoms with Crippen LogP contribution in [0.3, 0.4) is 0 Å². The minimum absolute atomic E-state index is 0.0421. The molecule has 0 aliphatic carbocycles. The molecule has 0 fully saturated rings. The summed E-state index contributed by atoms with van der Waals surface area (Å²) in [5.74, 6) is -1.49. The number of hydrogen-bond donors (Lipinski definition) is 0. The first-order valence-corrected chi connectivity index (χ1v) is 5.72. The Kier molecular flexibility index (Phi) is 5.23. The minimum atomic E-state index is -0.576. The third kappa shape index (κ3) is 3.80. The smallest absolute Gasteiger partial charge is 0.339 e. The fourth-order valence-corrected chi connectivity index (χ4v) is 1.46. The van der Waals surface area contributed by atoms with Crippen molar-refractivity contribution in [2.24, 2.45) is 4.99 Å². The van der Waals surface area contributed by atoms with Crippen molar-refractivity contribution in [2.45, 2.75) is 26.7 Å². The Morgan fingerprint density at radius 2 is 1.94 bits per heavy atom. The molecule has 1 aliphatic rings. The van der Waals surface area contributed by atoms with E-state index >= 15 is 0 Å². The second-order valence-corrected chi connectivity index (χ2v) is 3.48. The molecule has 0 spiro atoms. The van der Waals surface area contributed by atoms with Gasteiger partial charge < -0.3 is 9.47 Å². The molecule has 0 unspecified atom stereocenters. The lowest BCUT2D eigenvalue weighted by Crippen LogP contribution is -2.23. The number of aliphatic imine (C=N–C) groups is 1. The Bertz CT molecular complexity index is 422. The maximum Gasteiger partial charge on any atom is 0.339 e. The molecule has 0 atom stereocenters. The number of esters is 2. The van der Waals surface area contributed by atoms with Crippen molar-refractivity contribution in [1.82, 2.24) is 0 Å². The lowest BCUT2D eigenvalue weighted by molar-refractivity contribution is -0.141. The molecule has 98 valence electrons. The van der Waals surface area contributed by atoms with E-state index in [-0.39, 0.29) is 43.2 Å². The van der Waals surface area contributed by atoms with E-state index in [4.69, 9.17) is 9.47 Å². The van der Waals surface area contributed by atoms with Gasteiger partial charge in [0.25, 0.3) is 0 Å². The highest BCUT2D eigenvalue weighted by molar-refractivity contribution is 6.26. The van der Waals surface area contributed by atoms with Gasteiger partial charge >= 0.3 is 11.9 Å². The van der Waals surface area contributed by atoms with E-state index < -0.39 is 11.9 Å². The predicted octanol–water partition coefficient (Wildman–Crippen LogP) is 0.800. The molecule has 0 aromatic carbocycles. The molecule has 18 heavy (non-hydrogen) atoms. The Hall–Kier alpha value is -1.98. The lowest BCUT2D eigenvalue weighted by atomic mass is 10.0. The quantitative estimate of drug-likeness (QED) is 0.677. The SMILES string of the molecule is CCOC(=O)CC1=NC(=O)CC=C1C(=O)OCC. The van der Waals surface area contributed by atoms with Crippen molar-refractivity contribution >= 4 is 23.6 Å². The summed E-state index contributed by atoms with van der Waals surface area (Å²) in [5.41, 5.74) is 0.285. The van der Waals surface area contributed by atoms with E-state index in [9.17, 15) is 14.4 Å². The topological polar surface area (TPSA) is 82.0 Å². The van der Waals surface area contributed by atoms with Gasteiger partial charge in [0.05, 0.1) is 30.9 Å². The van der Waals surface area contributed by atoms with Crippen LogP contribution in [-0.4, -0.2) is 36.8 Å². The number of amides is 1. The van der Waals surface area contributed by atoms with Crippen molar-refractivity contribution in [3.63, 3.8) is 0 Å². The van der Waals surface area contributed by atoms with Gasteiger partial charge in [0.1, 0.15) is 0 Å². The molecule has 0 saturated carbocycles. The van der Waals surface area contributed by atoms with Gasteiger partial charge in [-0.05, 0) is 13.8 Å². The lowest BCUT2D eigenvalue weighted by Gasteiger charge is -2.12. The van der Waals surface area contributed by atoms with E-state index in [1.54, 1.807) is 13.8 Å². The zero-order chi connectivity index (χ0) is 13.5. The summed E-state index contributed by atoms with van der Waals surface area (Å²) >= 11 is 0. The molecule has 0 aromatic heterocycles. The Morgan fingerprint density at radius 1 is 1.28 bits per heavy atom. The Labute approximate surface area is 105 Å². The summed E-state index contributed by atoms with van der Waals surface area (Å²) in [6.45, 7) is 3.80. The molecule has 1 aliphatic heterocycles. The van der Waals surface area contributed by atoms with Crippen LogP contribution in [0.1, 0.15) is 26.7 Å². The van der Waals surface area contributed by atoms with Crippen LogP contribution in [0.25, 0.3) is 0 Å². The molecular weight excluding hydrogens is 238 g/mol. The van der Waals surface area contributed by atoms with Crippen molar-refractivity contribution < 1.29 is 23.9 Å². The molecular formula is C12H15NO5. The van der Waals surface area contributed by atoms with Gasteiger partial charge in [-0.1, -0.05) is 6.08 Å². The number of ether oxygens (including phenoxy) is 2. The highest BCUT2D eigenvalue weighted by Gasteiger charge is 2.24. The van der Waals surface area contributed by atoms with Gasteiger partial charge in [0.15, 0.2) is 0 Å². The molecule has 0 radical (unpaired) electrons. The number of nitrogens with zero attached hydrogens (tertiary/aromatic N) is 1. The third-order valence-corrected chi connectivity index (χ3v) is 2.16. The molecule has 0 saturated heterocycles. The van der Waals surface area contributed by atoms with Crippen LogP contribution in [-0.2, 0) is 23.9 Å². The van der Waals surface area contributed by atoms with E-state index in [1.165, 1.54) is 6.08 Å². The summed E-state index contributed by atoms with van der Waals surface area (Å²) in [4.78, 5) is 37.9. The Balaban J connectivity index is 2.82. The van der Waals surface area contributed by atoms with Crippen LogP contribution in [0.15, 0.2) is 16.6 Å². The minimum Gasteiger partial charge on any atom is -0.466 e. The Morgan fingerprint density at radius 3 is 2.56 bits per heavy atom. The van der Waals surface area contributed by atoms with Crippen molar-refractivity contribution in [3.05, 3.63) is 11.6 Å². The second kappa shape index (κ2) is 6.68. The first-order valence-electron chi connectivity index (χ1n) is 5.72. The molecule has 0 N–H and O–H groups in total. The zero-order valence-corrected chi connectivity index (χ0v) is 10.4. The van der Waals surface area contributed by atoms with Crippen LogP contribution in [0.2, 0.25) is 0 Å². The van der Waals surface area contributed by atoms with Crippen LogP contribution in [0, 0.1) is 0 Å². The highest BCUT2D eigenvalue weighted by atomic mass is 16.5. The number of rotatable bonds is 5. The summed E-state index contributed by atoms with van der Waals surface area (Å²) in [6, 6.07) is 0. The highest BCUT2D eigenvalue weighted by Crippen LogP contribution is 2.13. The first kappa shape index (κ1) is 14.1. The molecule has 1 rings (SSSR count). The molecule has 0 bridgehead atoms. The van der Waals surface area contributed by atoms with Gasteiger partial charge in [-0.2, -0.15) is 0 Å². The maximum absolute atomic E-state index is 11.6. The summed E-state index contributed by atoms with van der Waals surface area (Å²) < 4.78 is 9.59. The molecule has 6 heteroatoms. The van der Waals surface area contributed by atoms with Gasteiger partial charge in [0.2, 0.25) is 5.91 Å². The molecule has 0 aromatic rings. The van der Waals surface area contributed by atoms with E-state index in [0.717, 1.165) is 0 Å². The van der Waals surface area contributed by atoms with Gasteiger partial charge in [0, 0.05) is 6.42 Å². The molecule has 1 amide bonds. The van der Waals surface area contributed by atoms with Crippen molar-refractivity contribution in [2.75, 3.05) is 13.2 Å². The van der Waals surface area contributed by atoms with Crippen LogP contribution < -0.4 is 0 Å². The van der Waals surface area contributed by atoms with Gasteiger partial charge in [-0.3, -0.25) is 9.59 Å². The average molecular weight is 253 g/mol. The molecule has 1 heterocycles. The van der Waals surface area contributed by atoms with Crippen molar-refractivity contribution in [3.8, 4) is 0 Å². The largest absolute Gasteiger partial charge is 0.466 e. The number of carbonyl (C=O) groups excluding carboxylic acids is 3. The monoisotopic (exact) mass is 253 g/mol. The number of carbonyl (C=O) groups is 3. The average Bonchev–Trinajstić information content (AvgIpc) is 2.29. The summed E-state index contributed by atoms with van der Waals surface area (Å²) in [6.07, 6.45) is 1.27. The van der Waals surface area contributed by atoms with Crippen molar-refractivity contribution in [1.29, 1.82) is 0 Å². The van der Waals surface area contributed by atoms with Gasteiger partial charge in [-0.15, -0.1) is 0 Å². The third-order valence-electron chi connectivity index (χ3n) is 2.16. The van der Waals surface area contributed by atoms with Crippen LogP contribution >= 0.6 is 0 Å². The second-order valence-electron chi connectivity index (χ2n) is 3.48. The number of hydrogen-bond acceptors (Lipinski definition) is 5.